The molecular weight excluding hydrogens is 446 g/mol. The van der Waals surface area contributed by atoms with Gasteiger partial charge in [0.05, 0.1) is 25.4 Å². The van der Waals surface area contributed by atoms with E-state index in [2.05, 4.69) is 81.7 Å². The quantitative estimate of drug-likeness (QED) is 0.366. The number of nitrogens with one attached hydrogen (secondary N) is 2. The van der Waals surface area contributed by atoms with Crippen molar-refractivity contribution in [1.82, 2.24) is 10.6 Å². The highest BCUT2D eigenvalue weighted by molar-refractivity contribution is 5.14. The maximum atomic E-state index is 6.27. The van der Waals surface area contributed by atoms with Gasteiger partial charge >= 0.3 is 0 Å². The molecule has 2 saturated carbocycles. The number of ether oxygens (including phenoxy) is 2. The molecular formula is C31H49N3O2. The summed E-state index contributed by atoms with van der Waals surface area (Å²) in [5.41, 5.74) is 9.14. The summed E-state index contributed by atoms with van der Waals surface area (Å²) in [4.78, 5) is 0. The lowest BCUT2D eigenvalue weighted by molar-refractivity contribution is -0.0803. The van der Waals surface area contributed by atoms with Gasteiger partial charge in [0.25, 0.3) is 0 Å². The highest BCUT2D eigenvalue weighted by Crippen LogP contribution is 2.42. The average Bonchev–Trinajstić information content (AvgIpc) is 2.82. The van der Waals surface area contributed by atoms with E-state index < -0.39 is 0 Å². The zero-order valence-corrected chi connectivity index (χ0v) is 23.1. The predicted molar refractivity (Wildman–Crippen MR) is 150 cm³/mol. The molecule has 0 amide bonds. The summed E-state index contributed by atoms with van der Waals surface area (Å²) in [6.07, 6.45) is 5.05. The van der Waals surface area contributed by atoms with Gasteiger partial charge in [0.15, 0.2) is 0 Å². The molecule has 2 aromatic rings. The molecule has 0 aromatic heterocycles. The van der Waals surface area contributed by atoms with Crippen LogP contribution in [0.3, 0.4) is 0 Å². The molecule has 4 N–H and O–H groups in total. The van der Waals surface area contributed by atoms with Crippen molar-refractivity contribution in [3.63, 3.8) is 0 Å². The molecule has 0 heterocycles. The lowest BCUT2D eigenvalue weighted by Gasteiger charge is -2.45. The van der Waals surface area contributed by atoms with Crippen molar-refractivity contribution in [2.75, 3.05) is 13.1 Å². The minimum absolute atomic E-state index is 0.0639. The SMILES string of the molecule is CC(C)NCC1(C)CC(OCc2ccccc2)C1.CC(C)NCC1(N)CC(OCc2ccccc2)C1. The first-order valence-corrected chi connectivity index (χ1v) is 13.7. The Bertz CT molecular complexity index is 786. The third kappa shape index (κ3) is 9.95. The minimum Gasteiger partial charge on any atom is -0.374 e. The normalized spacial score (nSPS) is 27.2. The molecule has 0 unspecified atom stereocenters. The van der Waals surface area contributed by atoms with Crippen LogP contribution in [-0.4, -0.2) is 42.9 Å². The fraction of sp³-hybridized carbons (Fsp3) is 0.613. The Labute approximate surface area is 219 Å². The monoisotopic (exact) mass is 495 g/mol. The maximum Gasteiger partial charge on any atom is 0.0720 e. The predicted octanol–water partition coefficient (Wildman–Crippen LogP) is 5.43. The Morgan fingerprint density at radius 1 is 0.722 bits per heavy atom. The van der Waals surface area contributed by atoms with Gasteiger partial charge in [-0.1, -0.05) is 95.3 Å². The van der Waals surface area contributed by atoms with E-state index in [0.717, 1.165) is 32.5 Å². The van der Waals surface area contributed by atoms with Gasteiger partial charge in [0, 0.05) is 30.7 Å². The van der Waals surface area contributed by atoms with Crippen LogP contribution < -0.4 is 16.4 Å². The summed E-state index contributed by atoms with van der Waals surface area (Å²) in [6, 6.07) is 21.8. The summed E-state index contributed by atoms with van der Waals surface area (Å²) >= 11 is 0. The Kier molecular flexibility index (Phi) is 11.0. The molecule has 5 nitrogen and oxygen atoms in total. The van der Waals surface area contributed by atoms with Crippen molar-refractivity contribution in [2.24, 2.45) is 11.1 Å². The van der Waals surface area contributed by atoms with Gasteiger partial charge in [0.1, 0.15) is 0 Å². The molecule has 2 aromatic carbocycles. The number of benzene rings is 2. The van der Waals surface area contributed by atoms with E-state index in [1.165, 1.54) is 24.0 Å². The molecule has 4 rings (SSSR count). The summed E-state index contributed by atoms with van der Waals surface area (Å²) in [7, 11) is 0. The molecule has 5 heteroatoms. The summed E-state index contributed by atoms with van der Waals surface area (Å²) in [5, 5.41) is 6.93. The lowest BCUT2D eigenvalue weighted by Crippen LogP contribution is -2.61. The van der Waals surface area contributed by atoms with Crippen molar-refractivity contribution >= 4 is 0 Å². The number of nitrogens with two attached hydrogens (primary N) is 1. The first kappa shape index (κ1) is 28.8. The van der Waals surface area contributed by atoms with Crippen LogP contribution in [-0.2, 0) is 22.7 Å². The van der Waals surface area contributed by atoms with Crippen LogP contribution in [0.15, 0.2) is 60.7 Å². The first-order valence-electron chi connectivity index (χ1n) is 13.7. The summed E-state index contributed by atoms with van der Waals surface area (Å²) in [5.74, 6) is 0. The van der Waals surface area contributed by atoms with Gasteiger partial charge in [-0.3, -0.25) is 0 Å². The van der Waals surface area contributed by atoms with Gasteiger partial charge in [-0.05, 0) is 42.2 Å². The maximum absolute atomic E-state index is 6.27. The molecule has 200 valence electrons. The van der Waals surface area contributed by atoms with E-state index in [-0.39, 0.29) is 5.54 Å². The molecule has 2 aliphatic carbocycles. The topological polar surface area (TPSA) is 68.5 Å². The van der Waals surface area contributed by atoms with Gasteiger partial charge < -0.3 is 25.8 Å². The second kappa shape index (κ2) is 13.7. The van der Waals surface area contributed by atoms with E-state index in [9.17, 15) is 0 Å². The van der Waals surface area contributed by atoms with Gasteiger partial charge in [0.2, 0.25) is 0 Å². The van der Waals surface area contributed by atoms with Crippen LogP contribution in [0.2, 0.25) is 0 Å². The number of rotatable bonds is 12. The smallest absolute Gasteiger partial charge is 0.0720 e. The molecule has 2 aliphatic rings. The summed E-state index contributed by atoms with van der Waals surface area (Å²) in [6.45, 7) is 14.5. The van der Waals surface area contributed by atoms with E-state index in [0.29, 0.717) is 36.3 Å². The summed E-state index contributed by atoms with van der Waals surface area (Å²) < 4.78 is 11.8. The second-order valence-electron chi connectivity index (χ2n) is 11.9. The molecule has 0 bridgehead atoms. The van der Waals surface area contributed by atoms with Crippen molar-refractivity contribution < 1.29 is 9.47 Å². The average molecular weight is 496 g/mol. The van der Waals surface area contributed by atoms with Crippen molar-refractivity contribution in [3.05, 3.63) is 71.8 Å². The zero-order valence-electron chi connectivity index (χ0n) is 23.1. The van der Waals surface area contributed by atoms with E-state index >= 15 is 0 Å². The molecule has 0 spiro atoms. The zero-order chi connectivity index (χ0) is 26.0. The Morgan fingerprint density at radius 3 is 1.58 bits per heavy atom. The van der Waals surface area contributed by atoms with Gasteiger partial charge in [-0.15, -0.1) is 0 Å². The molecule has 36 heavy (non-hydrogen) atoms. The molecule has 0 aliphatic heterocycles. The van der Waals surface area contributed by atoms with Crippen LogP contribution in [0.25, 0.3) is 0 Å². The van der Waals surface area contributed by atoms with E-state index in [1.54, 1.807) is 0 Å². The fourth-order valence-corrected chi connectivity index (χ4v) is 4.85. The van der Waals surface area contributed by atoms with Crippen LogP contribution >= 0.6 is 0 Å². The fourth-order valence-electron chi connectivity index (χ4n) is 4.85. The second-order valence-corrected chi connectivity index (χ2v) is 11.9. The number of hydrogen-bond donors (Lipinski definition) is 3. The Morgan fingerprint density at radius 2 is 1.14 bits per heavy atom. The molecule has 2 fully saturated rings. The largest absolute Gasteiger partial charge is 0.374 e. The molecule has 0 saturated heterocycles. The Hall–Kier alpha value is -1.76. The first-order chi connectivity index (χ1) is 17.1. The lowest BCUT2D eigenvalue weighted by atomic mass is 9.68. The van der Waals surface area contributed by atoms with Crippen LogP contribution in [0.5, 0.6) is 0 Å². The number of hydrogen-bond acceptors (Lipinski definition) is 5. The van der Waals surface area contributed by atoms with Crippen LogP contribution in [0.4, 0.5) is 0 Å². The standard InChI is InChI=1S/C16H25NO.C15H24N2O/c1-13(2)17-12-16(3)9-15(10-16)18-11-14-7-5-4-6-8-14;1-12(2)17-11-15(16)8-14(9-15)18-10-13-6-4-3-5-7-13/h4-8,13,15,17H,9-12H2,1-3H3;3-7,12,14,17H,8-11,16H2,1-2H3. The van der Waals surface area contributed by atoms with E-state index in [1.807, 2.05) is 24.3 Å². The minimum atomic E-state index is -0.0639. The molecule has 0 radical (unpaired) electrons. The van der Waals surface area contributed by atoms with Crippen molar-refractivity contribution in [2.45, 2.75) is 103 Å². The van der Waals surface area contributed by atoms with Gasteiger partial charge in [-0.2, -0.15) is 0 Å². The van der Waals surface area contributed by atoms with Crippen LogP contribution in [0.1, 0.15) is 71.4 Å². The highest BCUT2D eigenvalue weighted by atomic mass is 16.5. The van der Waals surface area contributed by atoms with Gasteiger partial charge in [-0.25, -0.2) is 0 Å². The van der Waals surface area contributed by atoms with E-state index in [4.69, 9.17) is 15.2 Å². The van der Waals surface area contributed by atoms with Crippen molar-refractivity contribution in [1.29, 1.82) is 0 Å². The third-order valence-corrected chi connectivity index (χ3v) is 7.17. The highest BCUT2D eigenvalue weighted by Gasteiger charge is 2.41. The third-order valence-electron chi connectivity index (χ3n) is 7.17. The van der Waals surface area contributed by atoms with Crippen LogP contribution in [0, 0.1) is 5.41 Å². The van der Waals surface area contributed by atoms with Crippen molar-refractivity contribution in [3.8, 4) is 0 Å². The molecule has 0 atom stereocenters. The Balaban J connectivity index is 0.000000201.